The van der Waals surface area contributed by atoms with Gasteiger partial charge >= 0.3 is 5.97 Å². The van der Waals surface area contributed by atoms with E-state index >= 15 is 0 Å². The highest BCUT2D eigenvalue weighted by molar-refractivity contribution is 6.06. The number of benzene rings is 2. The molecule has 0 bridgehead atoms. The number of aliphatic hydroxyl groups excluding tert-OH is 3. The Labute approximate surface area is 225 Å². The van der Waals surface area contributed by atoms with Gasteiger partial charge in [0.15, 0.2) is 11.6 Å². The first-order chi connectivity index (χ1) is 18.9. The monoisotopic (exact) mass is 562 g/mol. The van der Waals surface area contributed by atoms with Gasteiger partial charge < -0.3 is 30.5 Å². The minimum atomic E-state index is -1.62. The van der Waals surface area contributed by atoms with E-state index in [1.165, 1.54) is 23.0 Å². The fraction of sp³-hybridized carbons (Fsp3) is 0.308. The second-order valence-corrected chi connectivity index (χ2v) is 9.25. The number of aliphatic hydroxyl groups is 3. The van der Waals surface area contributed by atoms with Crippen molar-refractivity contribution in [3.8, 4) is 11.3 Å². The standard InChI is InChI=1S/C26H25F3N4O7/c1-11-18(8-20(26(38)39)40-24(11)23(36)19(35)10-34)33-9-17(31-32-33)13-5-3-4-6-16(13)30-25(37)14-7-15(27)22(29)12(2)21(14)28/h3-9,11,18-19,23-24,34-36H,10H2,1-2H3,(H,30,37)(H,38,39)/t11-,18+,19-,23-,24-/m1/s1. The van der Waals surface area contributed by atoms with Gasteiger partial charge in [0.2, 0.25) is 5.76 Å². The summed E-state index contributed by atoms with van der Waals surface area (Å²) in [5.41, 5.74) is -0.685. The number of aromatic nitrogens is 3. The first kappa shape index (κ1) is 28.7. The second-order valence-electron chi connectivity index (χ2n) is 9.25. The third-order valence-electron chi connectivity index (χ3n) is 6.66. The zero-order valence-electron chi connectivity index (χ0n) is 21.1. The number of hydrogen-bond donors (Lipinski definition) is 5. The average Bonchev–Trinajstić information content (AvgIpc) is 3.43. The maximum Gasteiger partial charge on any atom is 0.370 e. The Balaban J connectivity index is 1.66. The van der Waals surface area contributed by atoms with Crippen LogP contribution in [0.4, 0.5) is 18.9 Å². The molecule has 0 unspecified atom stereocenters. The highest BCUT2D eigenvalue weighted by Gasteiger charge is 2.41. The molecule has 5 N–H and O–H groups in total. The van der Waals surface area contributed by atoms with Gasteiger partial charge in [-0.25, -0.2) is 22.6 Å². The van der Waals surface area contributed by atoms with Gasteiger partial charge in [0, 0.05) is 17.0 Å². The molecular formula is C26H25F3N4O7. The van der Waals surface area contributed by atoms with Crippen LogP contribution in [-0.2, 0) is 9.53 Å². The van der Waals surface area contributed by atoms with Gasteiger partial charge in [0.05, 0.1) is 30.1 Å². The summed E-state index contributed by atoms with van der Waals surface area (Å²) < 4.78 is 48.7. The third kappa shape index (κ3) is 5.41. The molecule has 40 heavy (non-hydrogen) atoms. The van der Waals surface area contributed by atoms with E-state index in [4.69, 9.17) is 4.74 Å². The number of aliphatic carboxylic acids is 1. The third-order valence-corrected chi connectivity index (χ3v) is 6.66. The lowest BCUT2D eigenvalue weighted by Gasteiger charge is -2.37. The summed E-state index contributed by atoms with van der Waals surface area (Å²) >= 11 is 0. The molecule has 4 rings (SSSR count). The van der Waals surface area contributed by atoms with Gasteiger partial charge in [-0.2, -0.15) is 0 Å². The predicted molar refractivity (Wildman–Crippen MR) is 132 cm³/mol. The lowest BCUT2D eigenvalue weighted by atomic mass is 9.87. The van der Waals surface area contributed by atoms with Crippen molar-refractivity contribution in [3.05, 3.63) is 76.9 Å². The maximum absolute atomic E-state index is 14.5. The van der Waals surface area contributed by atoms with Crippen molar-refractivity contribution >= 4 is 17.6 Å². The van der Waals surface area contributed by atoms with E-state index in [1.54, 1.807) is 25.1 Å². The predicted octanol–water partition coefficient (Wildman–Crippen LogP) is 2.18. The summed E-state index contributed by atoms with van der Waals surface area (Å²) in [6.07, 6.45) is -1.75. The molecule has 212 valence electrons. The van der Waals surface area contributed by atoms with Crippen molar-refractivity contribution in [1.82, 2.24) is 15.0 Å². The van der Waals surface area contributed by atoms with Crippen LogP contribution in [0.5, 0.6) is 0 Å². The van der Waals surface area contributed by atoms with Crippen LogP contribution < -0.4 is 5.32 Å². The molecule has 1 aliphatic heterocycles. The summed E-state index contributed by atoms with van der Waals surface area (Å²) in [4.78, 5) is 24.5. The SMILES string of the molecule is Cc1c(F)c(F)cc(C(=O)Nc2ccccc2-c2cn([C@H]3C=C(C(=O)O)O[C@@H]([C@H](O)[C@H](O)CO)[C@@H]3C)nn2)c1F. The Bertz CT molecular complexity index is 1480. The smallest absolute Gasteiger partial charge is 0.370 e. The normalized spacial score (nSPS) is 20.3. The fourth-order valence-electron chi connectivity index (χ4n) is 4.39. The molecule has 1 aliphatic rings. The quantitative estimate of drug-likeness (QED) is 0.259. The Morgan fingerprint density at radius 1 is 1.18 bits per heavy atom. The summed E-state index contributed by atoms with van der Waals surface area (Å²) in [6.45, 7) is 1.84. The number of rotatable bonds is 8. The molecule has 11 nitrogen and oxygen atoms in total. The molecule has 2 heterocycles. The Kier molecular flexibility index (Phi) is 8.23. The maximum atomic E-state index is 14.5. The van der Waals surface area contributed by atoms with Crippen LogP contribution >= 0.6 is 0 Å². The fourth-order valence-corrected chi connectivity index (χ4v) is 4.39. The minimum absolute atomic E-state index is 0.141. The van der Waals surface area contributed by atoms with Crippen molar-refractivity contribution in [3.63, 3.8) is 0 Å². The molecule has 2 aromatic carbocycles. The molecular weight excluding hydrogens is 537 g/mol. The molecule has 1 amide bonds. The van der Waals surface area contributed by atoms with Crippen LogP contribution in [0.1, 0.15) is 28.9 Å². The number of ether oxygens (including phenoxy) is 1. The highest BCUT2D eigenvalue weighted by atomic mass is 19.2. The molecule has 0 saturated carbocycles. The van der Waals surface area contributed by atoms with Crippen LogP contribution in [0.25, 0.3) is 11.3 Å². The lowest BCUT2D eigenvalue weighted by molar-refractivity contribution is -0.148. The van der Waals surface area contributed by atoms with Gasteiger partial charge in [0.25, 0.3) is 5.91 Å². The Hall–Kier alpha value is -4.27. The van der Waals surface area contributed by atoms with Crippen molar-refractivity contribution in [2.75, 3.05) is 11.9 Å². The molecule has 0 aliphatic carbocycles. The van der Waals surface area contributed by atoms with E-state index in [0.29, 0.717) is 11.6 Å². The van der Waals surface area contributed by atoms with E-state index in [1.807, 2.05) is 0 Å². The molecule has 5 atom stereocenters. The van der Waals surface area contributed by atoms with Crippen LogP contribution in [0.3, 0.4) is 0 Å². The molecule has 0 fully saturated rings. The number of anilines is 1. The van der Waals surface area contributed by atoms with Crippen molar-refractivity contribution < 1.29 is 47.9 Å². The number of allylic oxidation sites excluding steroid dienone is 1. The number of carbonyl (C=O) groups excluding carboxylic acids is 1. The Morgan fingerprint density at radius 2 is 1.88 bits per heavy atom. The largest absolute Gasteiger partial charge is 0.480 e. The minimum Gasteiger partial charge on any atom is -0.480 e. The second kappa shape index (κ2) is 11.5. The summed E-state index contributed by atoms with van der Waals surface area (Å²) in [6, 6.07) is 5.86. The van der Waals surface area contributed by atoms with E-state index in [2.05, 4.69) is 15.6 Å². The average molecular weight is 563 g/mol. The summed E-state index contributed by atoms with van der Waals surface area (Å²) in [5.74, 6) is -7.62. The first-order valence-corrected chi connectivity index (χ1v) is 12.0. The Morgan fingerprint density at radius 3 is 2.55 bits per heavy atom. The topological polar surface area (TPSA) is 167 Å². The van der Waals surface area contributed by atoms with Gasteiger partial charge in [-0.1, -0.05) is 30.3 Å². The van der Waals surface area contributed by atoms with Crippen LogP contribution in [0.15, 0.2) is 48.4 Å². The van der Waals surface area contributed by atoms with Gasteiger partial charge in [-0.05, 0) is 25.1 Å². The summed E-state index contributed by atoms with van der Waals surface area (Å²) in [5, 5.41) is 49.7. The van der Waals surface area contributed by atoms with Gasteiger partial charge in [0.1, 0.15) is 29.8 Å². The van der Waals surface area contributed by atoms with Gasteiger partial charge in [-0.3, -0.25) is 4.79 Å². The summed E-state index contributed by atoms with van der Waals surface area (Å²) in [7, 11) is 0. The van der Waals surface area contributed by atoms with E-state index in [9.17, 15) is 43.2 Å². The number of amides is 1. The number of carboxylic acids is 1. The number of nitrogens with zero attached hydrogens (tertiary/aromatic N) is 3. The zero-order valence-corrected chi connectivity index (χ0v) is 21.1. The van der Waals surface area contributed by atoms with E-state index in [0.717, 1.165) is 6.92 Å². The molecule has 14 heteroatoms. The van der Waals surface area contributed by atoms with Crippen molar-refractivity contribution in [2.45, 2.75) is 38.2 Å². The number of carbonyl (C=O) groups is 2. The van der Waals surface area contributed by atoms with E-state index in [-0.39, 0.29) is 11.4 Å². The van der Waals surface area contributed by atoms with Crippen molar-refractivity contribution in [1.29, 1.82) is 0 Å². The molecule has 0 radical (unpaired) electrons. The number of nitrogens with one attached hydrogen (secondary N) is 1. The number of para-hydroxylation sites is 1. The number of halogens is 3. The van der Waals surface area contributed by atoms with Crippen LogP contribution in [0, 0.1) is 30.3 Å². The molecule has 0 saturated heterocycles. The number of hydrogen-bond acceptors (Lipinski definition) is 8. The zero-order chi connectivity index (χ0) is 29.3. The molecule has 1 aromatic heterocycles. The van der Waals surface area contributed by atoms with Crippen LogP contribution in [-0.4, -0.2) is 72.2 Å². The molecule has 0 spiro atoms. The molecule has 3 aromatic rings. The van der Waals surface area contributed by atoms with E-state index < -0.39 is 83.1 Å². The number of carboxylic acid groups (broad SMARTS) is 1. The van der Waals surface area contributed by atoms with Crippen molar-refractivity contribution in [2.24, 2.45) is 5.92 Å². The highest BCUT2D eigenvalue weighted by Crippen LogP contribution is 2.35. The first-order valence-electron chi connectivity index (χ1n) is 12.0. The lowest BCUT2D eigenvalue weighted by Crippen LogP contribution is -2.48. The van der Waals surface area contributed by atoms with Crippen LogP contribution in [0.2, 0.25) is 0 Å². The van der Waals surface area contributed by atoms with Gasteiger partial charge in [-0.15, -0.1) is 5.10 Å².